The maximum Gasteiger partial charge on any atom is 0.342 e. The van der Waals surface area contributed by atoms with Crippen molar-refractivity contribution in [2.45, 2.75) is 38.6 Å². The minimum absolute atomic E-state index is 0.108. The summed E-state index contributed by atoms with van der Waals surface area (Å²) >= 11 is 6.16. The average Bonchev–Trinajstić information content (AvgIpc) is 3.24. The highest BCUT2D eigenvalue weighted by Gasteiger charge is 2.44. The Morgan fingerprint density at radius 1 is 1.09 bits per heavy atom. The first kappa shape index (κ1) is 22.5. The third-order valence-electron chi connectivity index (χ3n) is 6.77. The van der Waals surface area contributed by atoms with E-state index in [0.717, 1.165) is 41.1 Å². The van der Waals surface area contributed by atoms with Crippen molar-refractivity contribution in [3.63, 3.8) is 0 Å². The Hall–Kier alpha value is -3.31. The molecule has 0 radical (unpaired) electrons. The minimum atomic E-state index is -0.241. The number of hydrogen-bond acceptors (Lipinski definition) is 3. The molecular formula is C28H28ClN3O2. The van der Waals surface area contributed by atoms with Gasteiger partial charge < -0.3 is 10.1 Å². The van der Waals surface area contributed by atoms with E-state index in [9.17, 15) is 4.79 Å². The summed E-state index contributed by atoms with van der Waals surface area (Å²) in [4.78, 5) is 13.5. The molecule has 34 heavy (non-hydrogen) atoms. The highest BCUT2D eigenvalue weighted by Crippen LogP contribution is 2.44. The van der Waals surface area contributed by atoms with Gasteiger partial charge in [-0.25, -0.2) is 9.80 Å². The average molecular weight is 474 g/mol. The number of carbonyl (C=O) groups excluding carboxylic acids is 1. The van der Waals surface area contributed by atoms with Crippen molar-refractivity contribution in [2.75, 3.05) is 12.4 Å². The van der Waals surface area contributed by atoms with E-state index < -0.39 is 0 Å². The Labute approximate surface area is 205 Å². The maximum atomic E-state index is 13.5. The van der Waals surface area contributed by atoms with Crippen molar-refractivity contribution in [3.8, 4) is 5.75 Å². The van der Waals surface area contributed by atoms with Crippen molar-refractivity contribution in [2.24, 2.45) is 11.0 Å². The molecule has 0 bridgehead atoms. The molecule has 3 aromatic carbocycles. The van der Waals surface area contributed by atoms with Gasteiger partial charge in [-0.1, -0.05) is 49.7 Å². The van der Waals surface area contributed by atoms with Crippen molar-refractivity contribution in [1.29, 1.82) is 0 Å². The van der Waals surface area contributed by atoms with Gasteiger partial charge in [-0.3, -0.25) is 0 Å². The SMILES string of the molecule is COc1ccc2c(c1)CC[C@H]1C2=NN(C(=O)Nc2ccc(C(C)C)cc2)[C@H]1c1ccc(Cl)cc1. The first-order chi connectivity index (χ1) is 16.4. The summed E-state index contributed by atoms with van der Waals surface area (Å²) in [6.07, 6.45) is 1.81. The lowest BCUT2D eigenvalue weighted by Gasteiger charge is -2.30. The number of nitrogens with one attached hydrogen (secondary N) is 1. The summed E-state index contributed by atoms with van der Waals surface area (Å²) in [5.74, 6) is 1.38. The van der Waals surface area contributed by atoms with Gasteiger partial charge in [0, 0.05) is 22.2 Å². The lowest BCUT2D eigenvalue weighted by atomic mass is 9.77. The molecule has 5 nitrogen and oxygen atoms in total. The highest BCUT2D eigenvalue weighted by molar-refractivity contribution is 6.30. The lowest BCUT2D eigenvalue weighted by molar-refractivity contribution is 0.188. The number of methoxy groups -OCH3 is 1. The van der Waals surface area contributed by atoms with Crippen molar-refractivity contribution < 1.29 is 9.53 Å². The molecule has 2 aliphatic rings. The van der Waals surface area contributed by atoms with Gasteiger partial charge in [0.25, 0.3) is 0 Å². The molecule has 174 valence electrons. The fourth-order valence-electron chi connectivity index (χ4n) is 4.92. The van der Waals surface area contributed by atoms with Crippen LogP contribution in [0.3, 0.4) is 0 Å². The van der Waals surface area contributed by atoms with Gasteiger partial charge in [0.15, 0.2) is 0 Å². The van der Waals surface area contributed by atoms with Gasteiger partial charge in [-0.15, -0.1) is 0 Å². The second-order valence-electron chi connectivity index (χ2n) is 9.20. The molecule has 0 unspecified atom stereocenters. The van der Waals surface area contributed by atoms with Crippen LogP contribution >= 0.6 is 11.6 Å². The molecule has 0 fully saturated rings. The third kappa shape index (κ3) is 4.16. The maximum absolute atomic E-state index is 13.5. The van der Waals surface area contributed by atoms with Gasteiger partial charge in [0.05, 0.1) is 18.9 Å². The predicted molar refractivity (Wildman–Crippen MR) is 137 cm³/mol. The number of amides is 2. The molecule has 6 heteroatoms. The fourth-order valence-corrected chi connectivity index (χ4v) is 5.05. The third-order valence-corrected chi connectivity index (χ3v) is 7.02. The molecular weight excluding hydrogens is 446 g/mol. The summed E-state index contributed by atoms with van der Waals surface area (Å²) in [5, 5.41) is 10.2. The van der Waals surface area contributed by atoms with E-state index in [2.05, 4.69) is 43.4 Å². The fraction of sp³-hybridized carbons (Fsp3) is 0.286. The largest absolute Gasteiger partial charge is 0.497 e. The molecule has 2 atom stereocenters. The van der Waals surface area contributed by atoms with E-state index in [0.29, 0.717) is 10.9 Å². The van der Waals surface area contributed by atoms with E-state index in [4.69, 9.17) is 21.4 Å². The number of urea groups is 1. The Kier molecular flexibility index (Phi) is 6.05. The van der Waals surface area contributed by atoms with Crippen LogP contribution in [-0.2, 0) is 6.42 Å². The smallest absolute Gasteiger partial charge is 0.342 e. The van der Waals surface area contributed by atoms with Crippen LogP contribution in [0.4, 0.5) is 10.5 Å². The Balaban J connectivity index is 1.50. The second kappa shape index (κ2) is 9.15. The van der Waals surface area contributed by atoms with E-state index in [1.165, 1.54) is 11.1 Å². The monoisotopic (exact) mass is 473 g/mol. The molecule has 1 aliphatic carbocycles. The molecule has 1 aliphatic heterocycles. The zero-order valence-electron chi connectivity index (χ0n) is 19.6. The Morgan fingerprint density at radius 2 is 1.82 bits per heavy atom. The number of anilines is 1. The number of carbonyl (C=O) groups is 1. The Bertz CT molecular complexity index is 1240. The topological polar surface area (TPSA) is 53.9 Å². The summed E-state index contributed by atoms with van der Waals surface area (Å²) in [7, 11) is 1.68. The molecule has 5 rings (SSSR count). The van der Waals surface area contributed by atoms with E-state index in [1.54, 1.807) is 12.1 Å². The van der Waals surface area contributed by atoms with Crippen LogP contribution in [0.1, 0.15) is 54.5 Å². The summed E-state index contributed by atoms with van der Waals surface area (Å²) < 4.78 is 5.42. The second-order valence-corrected chi connectivity index (χ2v) is 9.64. The zero-order chi connectivity index (χ0) is 23.8. The lowest BCUT2D eigenvalue weighted by Crippen LogP contribution is -2.34. The quantitative estimate of drug-likeness (QED) is 0.442. The summed E-state index contributed by atoms with van der Waals surface area (Å²) in [5.41, 5.74) is 6.26. The molecule has 0 saturated heterocycles. The van der Waals surface area contributed by atoms with Crippen LogP contribution in [0.2, 0.25) is 5.02 Å². The number of hydrazone groups is 1. The highest BCUT2D eigenvalue weighted by atomic mass is 35.5. The molecule has 0 saturated carbocycles. The van der Waals surface area contributed by atoms with Crippen molar-refractivity contribution >= 4 is 29.0 Å². The molecule has 1 heterocycles. The van der Waals surface area contributed by atoms with Crippen LogP contribution in [0.25, 0.3) is 0 Å². The normalized spacial score (nSPS) is 18.9. The minimum Gasteiger partial charge on any atom is -0.497 e. The number of aryl methyl sites for hydroxylation is 1. The van der Waals surface area contributed by atoms with Gasteiger partial charge in [-0.2, -0.15) is 5.10 Å². The number of nitrogens with zero attached hydrogens (tertiary/aromatic N) is 2. The van der Waals surface area contributed by atoms with Crippen LogP contribution in [-0.4, -0.2) is 23.9 Å². The number of rotatable bonds is 4. The van der Waals surface area contributed by atoms with Crippen molar-refractivity contribution in [3.05, 3.63) is 94.0 Å². The molecule has 1 N–H and O–H groups in total. The van der Waals surface area contributed by atoms with E-state index in [1.807, 2.05) is 42.5 Å². The van der Waals surface area contributed by atoms with E-state index >= 15 is 0 Å². The molecule has 0 aromatic heterocycles. The van der Waals surface area contributed by atoms with Crippen LogP contribution < -0.4 is 10.1 Å². The first-order valence-corrected chi connectivity index (χ1v) is 12.0. The molecule has 3 aromatic rings. The van der Waals surface area contributed by atoms with Gasteiger partial charge in [0.1, 0.15) is 5.75 Å². The number of benzene rings is 3. The summed E-state index contributed by atoms with van der Waals surface area (Å²) in [6, 6.07) is 21.4. The summed E-state index contributed by atoms with van der Waals surface area (Å²) in [6.45, 7) is 4.31. The molecule has 0 spiro atoms. The van der Waals surface area contributed by atoms with Gasteiger partial charge >= 0.3 is 6.03 Å². The molecule has 2 amide bonds. The number of ether oxygens (including phenoxy) is 1. The zero-order valence-corrected chi connectivity index (χ0v) is 20.3. The van der Waals surface area contributed by atoms with Crippen LogP contribution in [0.15, 0.2) is 71.8 Å². The van der Waals surface area contributed by atoms with Gasteiger partial charge in [-0.05, 0) is 77.9 Å². The number of halogens is 1. The predicted octanol–water partition coefficient (Wildman–Crippen LogP) is 7.03. The van der Waals surface area contributed by atoms with Crippen LogP contribution in [0.5, 0.6) is 5.75 Å². The van der Waals surface area contributed by atoms with Gasteiger partial charge in [0.2, 0.25) is 0 Å². The Morgan fingerprint density at radius 3 is 2.50 bits per heavy atom. The van der Waals surface area contributed by atoms with E-state index in [-0.39, 0.29) is 18.0 Å². The first-order valence-electron chi connectivity index (χ1n) is 11.7. The van der Waals surface area contributed by atoms with Crippen molar-refractivity contribution in [1.82, 2.24) is 5.01 Å². The standard InChI is InChI=1S/C28H28ClN3O2/c1-17(2)18-6-11-22(12-7-18)30-28(33)32-27(19-4-9-21(29)10-5-19)25-14-8-20-16-23(34-3)13-15-24(20)26(25)31-32/h4-7,9-13,15-17,25,27H,8,14H2,1-3H3,(H,30,33)/t25-,27-/m0/s1. The number of fused-ring (bicyclic) bond motifs is 3. The number of hydrogen-bond donors (Lipinski definition) is 1. The van der Waals surface area contributed by atoms with Crippen LogP contribution in [0, 0.1) is 5.92 Å².